The van der Waals surface area contributed by atoms with E-state index in [0.29, 0.717) is 12.4 Å². The minimum Gasteiger partial charge on any atom is -0.493 e. The molecule has 1 N–H and O–H groups in total. The first-order valence-corrected chi connectivity index (χ1v) is 13.7. The lowest BCUT2D eigenvalue weighted by atomic mass is 9.72. The maximum atomic E-state index is 15.2. The van der Waals surface area contributed by atoms with Gasteiger partial charge in [0, 0.05) is 11.5 Å². The topological polar surface area (TPSA) is 101 Å². The summed E-state index contributed by atoms with van der Waals surface area (Å²) >= 11 is 0. The number of carbonyl (C=O) groups excluding carboxylic acids is 1. The van der Waals surface area contributed by atoms with Crippen LogP contribution in [0.5, 0.6) is 5.75 Å². The normalized spacial score (nSPS) is 40.9. The zero-order chi connectivity index (χ0) is 22.9. The molecule has 9 heteroatoms. The Morgan fingerprint density at radius 3 is 2.67 bits per heavy atom. The van der Waals surface area contributed by atoms with E-state index in [-0.39, 0.29) is 16.9 Å². The standard InChI is InChI=1S/C24H26FNO6S/c25-17-5-19(32-9-24-6-12-3-16(24)21-15(7-24)20(12)21)13(11-1-2-11)4-14(17)22(27)26-10-33(30,31)8-18(26)23(28)29/h4-5,11-12,15-16,18,20-21H,1-3,6-10H2,(H,28,29)/t12?,15?,16?,18-,20?,21?,24?/m0/s1. The number of nitrogens with zero attached hydrogens (tertiary/aromatic N) is 1. The summed E-state index contributed by atoms with van der Waals surface area (Å²) in [6.07, 6.45) is 5.60. The number of ether oxygens (including phenoxy) is 1. The van der Waals surface area contributed by atoms with Crippen LogP contribution in [0.25, 0.3) is 0 Å². The number of carbonyl (C=O) groups is 2. The van der Waals surface area contributed by atoms with Crippen LogP contribution < -0.4 is 4.74 Å². The van der Waals surface area contributed by atoms with E-state index in [1.54, 1.807) is 0 Å². The molecule has 33 heavy (non-hydrogen) atoms. The van der Waals surface area contributed by atoms with Gasteiger partial charge in [0.15, 0.2) is 9.84 Å². The molecule has 7 atom stereocenters. The number of sulfone groups is 1. The van der Waals surface area contributed by atoms with Crippen LogP contribution in [-0.2, 0) is 14.6 Å². The Hall–Kier alpha value is -2.16. The minimum atomic E-state index is -3.73. The number of carboxylic acid groups (broad SMARTS) is 1. The Bertz CT molecular complexity index is 1210. The molecule has 1 saturated heterocycles. The second-order valence-corrected chi connectivity index (χ2v) is 13.4. The first-order chi connectivity index (χ1) is 15.7. The molecule has 6 aliphatic rings. The van der Waals surface area contributed by atoms with Crippen molar-refractivity contribution in [1.29, 1.82) is 0 Å². The number of benzene rings is 1. The van der Waals surface area contributed by atoms with Crippen molar-refractivity contribution < 1.29 is 32.2 Å². The molecule has 0 aromatic heterocycles. The number of hydrogen-bond acceptors (Lipinski definition) is 5. The van der Waals surface area contributed by atoms with Crippen molar-refractivity contribution in [2.45, 2.75) is 44.1 Å². The number of hydrogen-bond donors (Lipinski definition) is 1. The smallest absolute Gasteiger partial charge is 0.327 e. The molecule has 2 bridgehead atoms. The van der Waals surface area contributed by atoms with Crippen molar-refractivity contribution in [3.05, 3.63) is 29.1 Å². The van der Waals surface area contributed by atoms with Crippen LogP contribution in [0.3, 0.4) is 0 Å². The lowest BCUT2D eigenvalue weighted by Gasteiger charge is -2.36. The van der Waals surface area contributed by atoms with E-state index >= 15 is 4.39 Å². The second kappa shape index (κ2) is 6.29. The van der Waals surface area contributed by atoms with Gasteiger partial charge in [-0.15, -0.1) is 0 Å². The monoisotopic (exact) mass is 475 g/mol. The van der Waals surface area contributed by atoms with Gasteiger partial charge in [0.05, 0.1) is 17.9 Å². The molecule has 1 aromatic carbocycles. The molecule has 0 radical (unpaired) electrons. The summed E-state index contributed by atoms with van der Waals surface area (Å²) in [4.78, 5) is 25.3. The molecular formula is C24H26FNO6S. The van der Waals surface area contributed by atoms with E-state index in [9.17, 15) is 23.1 Å². The summed E-state index contributed by atoms with van der Waals surface area (Å²) in [6, 6.07) is 1.22. The van der Waals surface area contributed by atoms with E-state index in [1.807, 2.05) is 0 Å². The molecule has 6 fully saturated rings. The maximum absolute atomic E-state index is 15.2. The van der Waals surface area contributed by atoms with Gasteiger partial charge < -0.3 is 14.7 Å². The number of carboxylic acids is 1. The maximum Gasteiger partial charge on any atom is 0.327 e. The van der Waals surface area contributed by atoms with E-state index in [2.05, 4.69) is 0 Å². The van der Waals surface area contributed by atoms with Crippen LogP contribution >= 0.6 is 0 Å². The molecule has 5 saturated carbocycles. The summed E-state index contributed by atoms with van der Waals surface area (Å²) in [6.45, 7) is 0.589. The fourth-order valence-corrected chi connectivity index (χ4v) is 9.72. The van der Waals surface area contributed by atoms with Gasteiger partial charge in [-0.2, -0.15) is 0 Å². The van der Waals surface area contributed by atoms with Crippen LogP contribution in [0.1, 0.15) is 53.9 Å². The summed E-state index contributed by atoms with van der Waals surface area (Å²) in [5, 5.41) is 9.38. The highest BCUT2D eigenvalue weighted by atomic mass is 32.2. The molecule has 1 heterocycles. The average molecular weight is 476 g/mol. The van der Waals surface area contributed by atoms with Gasteiger partial charge in [-0.25, -0.2) is 17.6 Å². The van der Waals surface area contributed by atoms with Crippen LogP contribution in [-0.4, -0.2) is 54.6 Å². The lowest BCUT2D eigenvalue weighted by Crippen LogP contribution is -2.42. The van der Waals surface area contributed by atoms with E-state index in [4.69, 9.17) is 4.74 Å². The highest BCUT2D eigenvalue weighted by molar-refractivity contribution is 7.91. The van der Waals surface area contributed by atoms with Gasteiger partial charge in [0.25, 0.3) is 5.91 Å². The fraction of sp³-hybridized carbons (Fsp3) is 0.667. The van der Waals surface area contributed by atoms with Gasteiger partial charge in [-0.05, 0) is 79.2 Å². The first-order valence-electron chi connectivity index (χ1n) is 11.9. The van der Waals surface area contributed by atoms with Crippen LogP contribution in [0.2, 0.25) is 0 Å². The quantitative estimate of drug-likeness (QED) is 0.679. The Morgan fingerprint density at radius 1 is 1.21 bits per heavy atom. The third-order valence-electron chi connectivity index (χ3n) is 9.49. The fourth-order valence-electron chi connectivity index (χ4n) is 8.09. The highest BCUT2D eigenvalue weighted by Crippen LogP contribution is 2.83. The van der Waals surface area contributed by atoms with Crippen LogP contribution in [0.15, 0.2) is 12.1 Å². The van der Waals surface area contributed by atoms with Gasteiger partial charge >= 0.3 is 5.97 Å². The minimum absolute atomic E-state index is 0.184. The van der Waals surface area contributed by atoms with Gasteiger partial charge in [0.1, 0.15) is 23.5 Å². The summed E-state index contributed by atoms with van der Waals surface area (Å²) in [7, 11) is -3.73. The number of aliphatic carboxylic acids is 1. The van der Waals surface area contributed by atoms with Crippen molar-refractivity contribution in [3.63, 3.8) is 0 Å². The predicted octanol–water partition coefficient (Wildman–Crippen LogP) is 2.66. The van der Waals surface area contributed by atoms with E-state index in [1.165, 1.54) is 31.4 Å². The lowest BCUT2D eigenvalue weighted by molar-refractivity contribution is -0.140. The first kappa shape index (κ1) is 20.2. The predicted molar refractivity (Wildman–Crippen MR) is 114 cm³/mol. The highest BCUT2D eigenvalue weighted by Gasteiger charge is 2.78. The molecule has 1 amide bonds. The molecule has 1 aromatic rings. The third-order valence-corrected chi connectivity index (χ3v) is 11.0. The Morgan fingerprint density at radius 2 is 2.00 bits per heavy atom. The summed E-state index contributed by atoms with van der Waals surface area (Å²) in [5.74, 6) is 0.519. The molecule has 5 aliphatic carbocycles. The Kier molecular flexibility index (Phi) is 3.85. The van der Waals surface area contributed by atoms with Crippen LogP contribution in [0.4, 0.5) is 4.39 Å². The molecular weight excluding hydrogens is 449 g/mol. The molecule has 7 nitrogen and oxygen atoms in total. The van der Waals surface area contributed by atoms with E-state index in [0.717, 1.165) is 52.9 Å². The van der Waals surface area contributed by atoms with Crippen molar-refractivity contribution in [1.82, 2.24) is 4.90 Å². The SMILES string of the molecule is O=C(O)[C@@H]1CS(=O)(=O)CN1C(=O)c1cc(C2CC2)c(OCC23CC4CC2C2C(C3)C42)cc1F. The Balaban J connectivity index is 1.16. The zero-order valence-corrected chi connectivity index (χ0v) is 18.9. The largest absolute Gasteiger partial charge is 0.493 e. The molecule has 176 valence electrons. The molecule has 0 spiro atoms. The van der Waals surface area contributed by atoms with Gasteiger partial charge in [0.2, 0.25) is 0 Å². The van der Waals surface area contributed by atoms with Crippen LogP contribution in [0, 0.1) is 40.8 Å². The van der Waals surface area contributed by atoms with Crippen molar-refractivity contribution in [2.75, 3.05) is 18.2 Å². The molecule has 6 unspecified atom stereocenters. The number of fused-ring (bicyclic) bond motifs is 3. The number of amides is 1. The van der Waals surface area contributed by atoms with Crippen molar-refractivity contribution >= 4 is 21.7 Å². The Labute approximate surface area is 191 Å². The molecule has 7 rings (SSSR count). The summed E-state index contributed by atoms with van der Waals surface area (Å²) in [5.41, 5.74) is 0.712. The van der Waals surface area contributed by atoms with Crippen molar-refractivity contribution in [2.24, 2.45) is 35.0 Å². The number of halogens is 1. The van der Waals surface area contributed by atoms with Crippen molar-refractivity contribution in [3.8, 4) is 5.75 Å². The van der Waals surface area contributed by atoms with Gasteiger partial charge in [-0.3, -0.25) is 4.79 Å². The second-order valence-electron chi connectivity index (χ2n) is 11.3. The van der Waals surface area contributed by atoms with Gasteiger partial charge in [-0.1, -0.05) is 0 Å². The van der Waals surface area contributed by atoms with E-state index < -0.39 is 45.2 Å². The third kappa shape index (κ3) is 2.80. The molecule has 1 aliphatic heterocycles. The zero-order valence-electron chi connectivity index (χ0n) is 18.1. The summed E-state index contributed by atoms with van der Waals surface area (Å²) < 4.78 is 45.4. The number of rotatable bonds is 6. The average Bonchev–Trinajstić information content (AvgIpc) is 3.59.